The number of hydrogen-bond donors (Lipinski definition) is 0. The first kappa shape index (κ1) is 18.3. The Balaban J connectivity index is 1.82. The molecule has 4 rings (SSSR count). The van der Waals surface area contributed by atoms with Gasteiger partial charge in [-0.1, -0.05) is 60.7 Å². The van der Waals surface area contributed by atoms with E-state index >= 15 is 0 Å². The minimum Gasteiger partial charge on any atom is -0.497 e. The van der Waals surface area contributed by atoms with Gasteiger partial charge in [0.15, 0.2) is 0 Å². The lowest BCUT2D eigenvalue weighted by atomic mass is 9.90. The zero-order chi connectivity index (χ0) is 19.3. The molecule has 0 radical (unpaired) electrons. The lowest BCUT2D eigenvalue weighted by molar-refractivity contribution is 0.220. The lowest BCUT2D eigenvalue weighted by Crippen LogP contribution is -2.33. The zero-order valence-electron chi connectivity index (χ0n) is 16.3. The number of ether oxygens (including phenoxy) is 2. The molecule has 1 atom stereocenters. The Bertz CT molecular complexity index is 948. The molecule has 0 aliphatic carbocycles. The van der Waals surface area contributed by atoms with Crippen LogP contribution in [0.4, 0.5) is 5.69 Å². The summed E-state index contributed by atoms with van der Waals surface area (Å²) in [6.07, 6.45) is 2.27. The third-order valence-electron chi connectivity index (χ3n) is 5.19. The summed E-state index contributed by atoms with van der Waals surface area (Å²) >= 11 is 0. The average molecular weight is 371 g/mol. The highest BCUT2D eigenvalue weighted by Crippen LogP contribution is 2.42. The van der Waals surface area contributed by atoms with Gasteiger partial charge in [-0.3, -0.25) is 0 Å². The van der Waals surface area contributed by atoms with E-state index in [9.17, 15) is 0 Å². The van der Waals surface area contributed by atoms with Gasteiger partial charge < -0.3 is 14.4 Å². The molecule has 0 aromatic heterocycles. The van der Waals surface area contributed by atoms with Crippen LogP contribution < -0.4 is 9.64 Å². The van der Waals surface area contributed by atoms with E-state index in [0.29, 0.717) is 6.61 Å². The highest BCUT2D eigenvalue weighted by molar-refractivity contribution is 5.75. The fraction of sp³-hybridized carbons (Fsp3) is 0.200. The van der Waals surface area contributed by atoms with E-state index in [4.69, 9.17) is 9.47 Å². The van der Waals surface area contributed by atoms with Gasteiger partial charge in [0.2, 0.25) is 0 Å². The number of hydrogen-bond acceptors (Lipinski definition) is 3. The number of methoxy groups -OCH3 is 2. The number of fused-ring (bicyclic) bond motifs is 1. The Morgan fingerprint density at radius 1 is 0.821 bits per heavy atom. The number of para-hydroxylation sites is 1. The van der Waals surface area contributed by atoms with Crippen molar-refractivity contribution in [2.75, 3.05) is 25.7 Å². The van der Waals surface area contributed by atoms with E-state index in [2.05, 4.69) is 77.7 Å². The van der Waals surface area contributed by atoms with Gasteiger partial charge >= 0.3 is 0 Å². The van der Waals surface area contributed by atoms with Crippen molar-refractivity contribution in [2.24, 2.45) is 0 Å². The predicted molar refractivity (Wildman–Crippen MR) is 115 cm³/mol. The summed E-state index contributed by atoms with van der Waals surface area (Å²) in [4.78, 5) is 2.47. The van der Waals surface area contributed by atoms with Crippen molar-refractivity contribution < 1.29 is 9.47 Å². The number of nitrogens with zero attached hydrogens (tertiary/aromatic N) is 1. The van der Waals surface area contributed by atoms with Crippen LogP contribution in [0, 0.1) is 0 Å². The van der Waals surface area contributed by atoms with Gasteiger partial charge in [-0.2, -0.15) is 0 Å². The first-order valence-corrected chi connectivity index (χ1v) is 9.53. The molecule has 0 spiro atoms. The topological polar surface area (TPSA) is 21.7 Å². The van der Waals surface area contributed by atoms with Crippen LogP contribution in [0.15, 0.2) is 84.4 Å². The number of rotatable bonds is 6. The average Bonchev–Trinajstić information content (AvgIpc) is 2.75. The normalized spacial score (nSPS) is 15.7. The molecule has 0 amide bonds. The maximum atomic E-state index is 5.57. The summed E-state index contributed by atoms with van der Waals surface area (Å²) in [5.41, 5.74) is 6.24. The fourth-order valence-electron chi connectivity index (χ4n) is 3.91. The molecule has 3 aromatic carbocycles. The quantitative estimate of drug-likeness (QED) is 0.572. The third-order valence-corrected chi connectivity index (χ3v) is 5.19. The monoisotopic (exact) mass is 371 g/mol. The molecule has 0 saturated carbocycles. The van der Waals surface area contributed by atoms with E-state index in [0.717, 1.165) is 12.3 Å². The van der Waals surface area contributed by atoms with Crippen molar-refractivity contribution in [3.05, 3.63) is 101 Å². The first-order valence-electron chi connectivity index (χ1n) is 9.53. The molecular formula is C25H25NO2. The molecule has 3 heteroatoms. The van der Waals surface area contributed by atoms with Crippen molar-refractivity contribution in [1.82, 2.24) is 0 Å². The second-order valence-electron chi connectivity index (χ2n) is 7.00. The third kappa shape index (κ3) is 3.67. The van der Waals surface area contributed by atoms with Crippen LogP contribution in [0.1, 0.15) is 22.7 Å². The van der Waals surface area contributed by atoms with Crippen molar-refractivity contribution in [2.45, 2.75) is 12.6 Å². The Kier molecular flexibility index (Phi) is 5.45. The molecule has 3 nitrogen and oxygen atoms in total. The second-order valence-corrected chi connectivity index (χ2v) is 7.00. The smallest absolute Gasteiger partial charge is 0.118 e. The van der Waals surface area contributed by atoms with Gasteiger partial charge in [0.1, 0.15) is 5.75 Å². The Morgan fingerprint density at radius 2 is 1.54 bits per heavy atom. The van der Waals surface area contributed by atoms with E-state index in [1.165, 1.54) is 28.0 Å². The van der Waals surface area contributed by atoms with Gasteiger partial charge in [0.25, 0.3) is 0 Å². The summed E-state index contributed by atoms with van der Waals surface area (Å²) in [6, 6.07) is 27.7. The minimum absolute atomic E-state index is 0.112. The van der Waals surface area contributed by atoms with Crippen LogP contribution >= 0.6 is 0 Å². The summed E-state index contributed by atoms with van der Waals surface area (Å²) in [5.74, 6) is 0.867. The zero-order valence-corrected chi connectivity index (χ0v) is 16.3. The first-order chi connectivity index (χ1) is 13.8. The maximum Gasteiger partial charge on any atom is 0.118 e. The molecule has 1 aliphatic heterocycles. The molecule has 0 saturated heterocycles. The molecule has 0 N–H and O–H groups in total. The Morgan fingerprint density at radius 3 is 2.25 bits per heavy atom. The highest BCUT2D eigenvalue weighted by atomic mass is 16.5. The molecule has 1 heterocycles. The van der Waals surface area contributed by atoms with Crippen LogP contribution in [-0.4, -0.2) is 20.8 Å². The van der Waals surface area contributed by atoms with Gasteiger partial charge in [-0.05, 0) is 46.5 Å². The van der Waals surface area contributed by atoms with E-state index < -0.39 is 0 Å². The maximum absolute atomic E-state index is 5.57. The minimum atomic E-state index is 0.112. The van der Waals surface area contributed by atoms with Crippen LogP contribution in [0.25, 0.3) is 6.08 Å². The van der Waals surface area contributed by atoms with Crippen molar-refractivity contribution in [3.8, 4) is 5.75 Å². The summed E-state index contributed by atoms with van der Waals surface area (Å²) in [5, 5.41) is 0. The van der Waals surface area contributed by atoms with Crippen LogP contribution in [0.5, 0.6) is 5.75 Å². The standard InChI is InChI=1S/C25H25NO2/c1-27-18-22-16-21-10-6-7-11-24(21)26(17-19-8-4-3-5-9-19)25(22)20-12-14-23(28-2)15-13-20/h3-16,25H,17-18H2,1-2H3. The molecule has 28 heavy (non-hydrogen) atoms. The predicted octanol–water partition coefficient (Wildman–Crippen LogP) is 5.49. The van der Waals surface area contributed by atoms with Gasteiger partial charge in [0, 0.05) is 19.3 Å². The summed E-state index contributed by atoms with van der Waals surface area (Å²) in [6.45, 7) is 1.42. The van der Waals surface area contributed by atoms with E-state index in [1.807, 2.05) is 12.1 Å². The molecule has 142 valence electrons. The van der Waals surface area contributed by atoms with Crippen LogP contribution in [-0.2, 0) is 11.3 Å². The SMILES string of the molecule is COCC1=Cc2ccccc2N(Cc2ccccc2)C1c1ccc(OC)cc1. The molecule has 3 aromatic rings. The molecule has 0 bridgehead atoms. The highest BCUT2D eigenvalue weighted by Gasteiger charge is 2.30. The fourth-order valence-corrected chi connectivity index (χ4v) is 3.91. The van der Waals surface area contributed by atoms with E-state index in [1.54, 1.807) is 14.2 Å². The Labute approximate surface area is 166 Å². The molecule has 0 fully saturated rings. The second kappa shape index (κ2) is 8.32. The summed E-state index contributed by atoms with van der Waals surface area (Å²) < 4.78 is 10.9. The van der Waals surface area contributed by atoms with E-state index in [-0.39, 0.29) is 6.04 Å². The van der Waals surface area contributed by atoms with Gasteiger partial charge in [-0.25, -0.2) is 0 Å². The summed E-state index contributed by atoms with van der Waals surface area (Å²) in [7, 11) is 3.46. The molecule has 1 aliphatic rings. The van der Waals surface area contributed by atoms with Crippen molar-refractivity contribution in [1.29, 1.82) is 0 Å². The van der Waals surface area contributed by atoms with Gasteiger partial charge in [-0.15, -0.1) is 0 Å². The largest absolute Gasteiger partial charge is 0.497 e. The van der Waals surface area contributed by atoms with Crippen LogP contribution in [0.2, 0.25) is 0 Å². The Hall–Kier alpha value is -3.04. The molecular weight excluding hydrogens is 346 g/mol. The van der Waals surface area contributed by atoms with Crippen molar-refractivity contribution >= 4 is 11.8 Å². The number of benzene rings is 3. The molecule has 1 unspecified atom stereocenters. The number of anilines is 1. The van der Waals surface area contributed by atoms with Gasteiger partial charge in [0.05, 0.1) is 19.8 Å². The van der Waals surface area contributed by atoms with Crippen molar-refractivity contribution in [3.63, 3.8) is 0 Å². The lowest BCUT2D eigenvalue weighted by Gasteiger charge is -2.40. The van der Waals surface area contributed by atoms with Crippen LogP contribution in [0.3, 0.4) is 0 Å².